The van der Waals surface area contributed by atoms with E-state index in [9.17, 15) is 62.3 Å². The molecule has 11 N–H and O–H groups in total. The van der Waals surface area contributed by atoms with Gasteiger partial charge in [-0.2, -0.15) is 23.5 Å². The lowest BCUT2D eigenvalue weighted by molar-refractivity contribution is -0.149. The molecule has 0 aliphatic rings. The first-order valence-electron chi connectivity index (χ1n) is 36.2. The van der Waals surface area contributed by atoms with Gasteiger partial charge in [-0.25, -0.2) is 0 Å². The quantitative estimate of drug-likeness (QED) is 0.0184. The van der Waals surface area contributed by atoms with E-state index in [2.05, 4.69) is 58.5 Å². The summed E-state index contributed by atoms with van der Waals surface area (Å²) in [7, 11) is 2.85. The zero-order chi connectivity index (χ0) is 80.0. The summed E-state index contributed by atoms with van der Waals surface area (Å²) >= 11 is 3.31. The normalized spacial score (nSPS) is 13.3. The third-order valence-corrected chi connectivity index (χ3v) is 18.9. The van der Waals surface area contributed by atoms with Crippen LogP contribution in [0.2, 0.25) is 0 Å². The number of ether oxygens (including phenoxy) is 4. The number of anilines is 2. The van der Waals surface area contributed by atoms with Gasteiger partial charge in [-0.3, -0.25) is 67.1 Å². The van der Waals surface area contributed by atoms with Crippen LogP contribution in [0.1, 0.15) is 167 Å². The van der Waals surface area contributed by atoms with Gasteiger partial charge in [-0.1, -0.05) is 119 Å². The summed E-state index contributed by atoms with van der Waals surface area (Å²) < 4.78 is 20.7. The highest BCUT2D eigenvalue weighted by Crippen LogP contribution is 2.25. The number of carbonyl (C=O) groups is 14. The summed E-state index contributed by atoms with van der Waals surface area (Å²) in [6.07, 6.45) is -2.69. The van der Waals surface area contributed by atoms with Gasteiger partial charge in [0, 0.05) is 86.5 Å². The number of rotatable bonds is 48. The lowest BCUT2D eigenvalue weighted by Gasteiger charge is -2.27. The van der Waals surface area contributed by atoms with Crippen molar-refractivity contribution >= 4 is 118 Å². The molecule has 592 valence electrons. The molecule has 29 nitrogen and oxygen atoms in total. The molecule has 7 atom stereocenters. The number of carbonyl (C=O) groups excluding carboxylic acids is 14. The second kappa shape index (κ2) is 48.4. The Morgan fingerprint density at radius 2 is 0.748 bits per heavy atom. The molecule has 0 aliphatic heterocycles. The molecule has 0 aliphatic carbocycles. The van der Waals surface area contributed by atoms with Crippen molar-refractivity contribution in [2.45, 2.75) is 201 Å². The summed E-state index contributed by atoms with van der Waals surface area (Å²) in [6, 6.07) is 9.26. The van der Waals surface area contributed by atoms with Gasteiger partial charge in [-0.15, -0.1) is 0 Å². The number of hydrogen-bond acceptors (Lipinski definition) is 20. The van der Waals surface area contributed by atoms with Gasteiger partial charge in [0.25, 0.3) is 5.91 Å². The van der Waals surface area contributed by atoms with Crippen molar-refractivity contribution < 1.29 is 86.1 Å². The number of nitrogens with one attached hydrogen (secondary N) is 11. The maximum Gasteiger partial charge on any atom is 0.308 e. The van der Waals surface area contributed by atoms with Crippen LogP contribution in [0.25, 0.3) is 0 Å². The lowest BCUT2D eigenvalue weighted by atomic mass is 9.99. The number of hydrogen-bond donors (Lipinski definition) is 11. The zero-order valence-corrected chi connectivity index (χ0v) is 66.2. The lowest BCUT2D eigenvalue weighted by Crippen LogP contribution is -2.57. The SMILES string of the molecule is COCCNC(=O)CC[C@H](NC(=O)[C@H](CCC(=O)N[C@H](C(=O)N[C@@H](C)C(=O)Nc1ccc(COC(=O)C(C)C)cc1)C(C)C)NC(=O)[C@H](CCC(=O)N[C@H](C(=O)N[C@@H](C)C(=O)Nc1ccc(COC(=O)C(C)C)cc1)C(C)C)NC(=O)c1ccc(C(=O)C(CSC(C)C)CSC(C)C)cc1)C(=O)NCCOC. The van der Waals surface area contributed by atoms with Crippen LogP contribution < -0.4 is 58.5 Å². The highest BCUT2D eigenvalue weighted by atomic mass is 32.2. The number of amides is 11. The first-order chi connectivity index (χ1) is 50.5. The van der Waals surface area contributed by atoms with E-state index in [1.807, 2.05) is 27.7 Å². The number of benzene rings is 3. The van der Waals surface area contributed by atoms with Crippen molar-refractivity contribution in [3.63, 3.8) is 0 Å². The van der Waals surface area contributed by atoms with Gasteiger partial charge < -0.3 is 77.4 Å². The molecule has 0 fully saturated rings. The van der Waals surface area contributed by atoms with Crippen molar-refractivity contribution in [3.05, 3.63) is 95.1 Å². The average molecular weight is 1530 g/mol. The molecule has 3 aromatic carbocycles. The smallest absolute Gasteiger partial charge is 0.308 e. The molecule has 0 spiro atoms. The van der Waals surface area contributed by atoms with E-state index in [1.54, 1.807) is 127 Å². The molecule has 0 saturated heterocycles. The standard InChI is InChI=1S/C76H113N11O18S2/c1-43(2)64(73(98)79-49(13)67(92)81-56-25-17-51(18-26-56)39-104-75(100)45(5)6)86-62(89)33-30-59(83-69(94)54-23-21-53(22-24-54)66(91)55(41-106-47(9)10)42-107-48(11)12)71(96)85-60(72(97)84-58(70(95)78-36-38-103-16)29-32-61(88)77-35-37-102-15)31-34-63(90)87-65(44(3)4)74(99)80-50(14)68(93)82-57-27-19-52(20-28-57)40-105-76(101)46(7)8/h17-28,43-50,55,58-60,64-65H,29-42H2,1-16H3,(H,77,88)(H,78,95)(H,79,98)(H,80,99)(H,81,92)(H,82,93)(H,83,94)(H,84,97)(H,85,96)(H,86,89)(H,87,90)/t49-,50-,58-,59-,60-,64-,65-/m0/s1. The average Bonchev–Trinajstić information content (AvgIpc) is 0.848. The van der Waals surface area contributed by atoms with Crippen LogP contribution in [0.15, 0.2) is 72.8 Å². The number of Topliss-reactive ketones (excluding diaryl/α,β-unsaturated/α-hetero) is 1. The third kappa shape index (κ3) is 35.1. The summed E-state index contributed by atoms with van der Waals surface area (Å²) in [6.45, 7) is 24.9. The second-order valence-electron chi connectivity index (χ2n) is 27.7. The number of thioether (sulfide) groups is 2. The van der Waals surface area contributed by atoms with E-state index in [4.69, 9.17) is 18.9 Å². The highest BCUT2D eigenvalue weighted by Gasteiger charge is 2.35. The fourth-order valence-corrected chi connectivity index (χ4v) is 11.8. The molecule has 0 bridgehead atoms. The molecule has 0 radical (unpaired) electrons. The van der Waals surface area contributed by atoms with Gasteiger partial charge in [-0.05, 0) is 103 Å². The van der Waals surface area contributed by atoms with Crippen LogP contribution in [-0.4, -0.2) is 188 Å². The zero-order valence-electron chi connectivity index (χ0n) is 64.6. The Bertz CT molecular complexity index is 3420. The van der Waals surface area contributed by atoms with E-state index in [-0.39, 0.29) is 104 Å². The van der Waals surface area contributed by atoms with Crippen LogP contribution in [0.3, 0.4) is 0 Å². The van der Waals surface area contributed by atoms with Crippen LogP contribution >= 0.6 is 23.5 Å². The Balaban J connectivity index is 2.04. The van der Waals surface area contributed by atoms with E-state index >= 15 is 4.79 Å². The minimum atomic E-state index is -1.74. The minimum Gasteiger partial charge on any atom is -0.461 e. The molecule has 0 unspecified atom stereocenters. The largest absolute Gasteiger partial charge is 0.461 e. The first kappa shape index (κ1) is 92.3. The first-order valence-corrected chi connectivity index (χ1v) is 38.3. The Hall–Kier alpha value is -8.94. The maximum absolute atomic E-state index is 15.0. The summed E-state index contributed by atoms with van der Waals surface area (Å²) in [5.41, 5.74) is 2.45. The molecule has 31 heteroatoms. The van der Waals surface area contributed by atoms with Gasteiger partial charge in [0.1, 0.15) is 55.5 Å². The van der Waals surface area contributed by atoms with Gasteiger partial charge in [0.15, 0.2) is 5.78 Å². The number of esters is 2. The number of methoxy groups -OCH3 is 2. The van der Waals surface area contributed by atoms with E-state index in [0.29, 0.717) is 39.6 Å². The molecule has 107 heavy (non-hydrogen) atoms. The van der Waals surface area contributed by atoms with E-state index in [1.165, 1.54) is 52.3 Å². The van der Waals surface area contributed by atoms with E-state index < -0.39 is 145 Å². The van der Waals surface area contributed by atoms with Crippen LogP contribution in [0.4, 0.5) is 11.4 Å². The predicted molar refractivity (Wildman–Crippen MR) is 410 cm³/mol. The van der Waals surface area contributed by atoms with Crippen molar-refractivity contribution in [2.24, 2.45) is 29.6 Å². The fourth-order valence-electron chi connectivity index (χ4n) is 9.85. The van der Waals surface area contributed by atoms with Crippen LogP contribution in [0, 0.1) is 29.6 Å². The van der Waals surface area contributed by atoms with Crippen molar-refractivity contribution in [3.8, 4) is 0 Å². The van der Waals surface area contributed by atoms with Gasteiger partial charge >= 0.3 is 11.9 Å². The van der Waals surface area contributed by atoms with Crippen molar-refractivity contribution in [2.75, 3.05) is 62.7 Å². The summed E-state index contributed by atoms with van der Waals surface area (Å²) in [4.78, 5) is 192. The third-order valence-electron chi connectivity index (χ3n) is 16.3. The molecule has 11 amide bonds. The minimum absolute atomic E-state index is 0.00295. The molecular weight excluding hydrogens is 1420 g/mol. The molecular formula is C76H113N11O18S2. The fraction of sp³-hybridized carbons (Fsp3) is 0.579. The molecule has 3 rings (SSSR count). The Morgan fingerprint density at radius 3 is 1.12 bits per heavy atom. The van der Waals surface area contributed by atoms with Crippen LogP contribution in [-0.2, 0) is 89.7 Å². The van der Waals surface area contributed by atoms with Gasteiger partial charge in [0.2, 0.25) is 59.1 Å². The highest BCUT2D eigenvalue weighted by molar-refractivity contribution is 8.00. The molecule has 0 saturated carbocycles. The van der Waals surface area contributed by atoms with Crippen molar-refractivity contribution in [1.29, 1.82) is 0 Å². The monoisotopic (exact) mass is 1530 g/mol. The molecule has 0 heterocycles. The van der Waals surface area contributed by atoms with Crippen molar-refractivity contribution in [1.82, 2.24) is 47.9 Å². The van der Waals surface area contributed by atoms with Gasteiger partial charge in [0.05, 0.1) is 25.0 Å². The van der Waals surface area contributed by atoms with E-state index in [0.717, 1.165) is 0 Å². The Kier molecular flexibility index (Phi) is 41.7. The predicted octanol–water partition coefficient (Wildman–Crippen LogP) is 5.67. The summed E-state index contributed by atoms with van der Waals surface area (Å²) in [5.74, 6) is -10.3. The number of ketones is 1. The summed E-state index contributed by atoms with van der Waals surface area (Å²) in [5, 5.41) is 29.7. The second-order valence-corrected chi connectivity index (χ2v) is 30.9. The molecule has 3 aromatic rings. The maximum atomic E-state index is 15.0. The topological polar surface area (TPSA) is 408 Å². The Morgan fingerprint density at radius 1 is 0.383 bits per heavy atom. The van der Waals surface area contributed by atoms with Crippen LogP contribution in [0.5, 0.6) is 0 Å². The Labute approximate surface area is 637 Å². The molecule has 0 aromatic heterocycles.